The predicted molar refractivity (Wildman–Crippen MR) is 100 cm³/mol. The Morgan fingerprint density at radius 1 is 1.31 bits per heavy atom. The number of imide groups is 1. The van der Waals surface area contributed by atoms with Crippen molar-refractivity contribution in [2.75, 3.05) is 24.3 Å². The number of halogens is 1. The van der Waals surface area contributed by atoms with E-state index in [9.17, 15) is 14.4 Å². The number of benzene rings is 1. The van der Waals surface area contributed by atoms with Gasteiger partial charge in [0.25, 0.3) is 5.91 Å². The molecule has 1 aliphatic heterocycles. The highest BCUT2D eigenvalue weighted by molar-refractivity contribution is 6.33. The molecular formula is C18H23ClN4O3. The van der Waals surface area contributed by atoms with Gasteiger partial charge in [0.2, 0.25) is 5.91 Å². The van der Waals surface area contributed by atoms with Gasteiger partial charge in [-0.15, -0.1) is 0 Å². The highest BCUT2D eigenvalue weighted by Gasteiger charge is 2.54. The molecule has 7 nitrogen and oxygen atoms in total. The zero-order valence-corrected chi connectivity index (χ0v) is 15.9. The van der Waals surface area contributed by atoms with Crippen molar-refractivity contribution in [1.82, 2.24) is 10.2 Å². The summed E-state index contributed by atoms with van der Waals surface area (Å²) in [4.78, 5) is 40.5. The van der Waals surface area contributed by atoms with Crippen LogP contribution in [0.15, 0.2) is 18.2 Å². The van der Waals surface area contributed by atoms with E-state index in [1.165, 1.54) is 0 Å². The Kier molecular flexibility index (Phi) is 4.84. The number of amides is 4. The molecule has 26 heavy (non-hydrogen) atoms. The molecule has 1 aromatic rings. The average molecular weight is 379 g/mol. The minimum Gasteiger partial charge on any atom is -0.376 e. The fraction of sp³-hybridized carbons (Fsp3) is 0.500. The Balaban J connectivity index is 1.73. The van der Waals surface area contributed by atoms with Crippen LogP contribution in [0.4, 0.5) is 16.2 Å². The molecule has 3 rings (SSSR count). The van der Waals surface area contributed by atoms with Crippen molar-refractivity contribution >= 4 is 40.8 Å². The smallest absolute Gasteiger partial charge is 0.325 e. The van der Waals surface area contributed by atoms with Gasteiger partial charge in [0.05, 0.1) is 10.7 Å². The zero-order valence-electron chi connectivity index (χ0n) is 15.1. The summed E-state index contributed by atoms with van der Waals surface area (Å²) >= 11 is 6.22. The maximum Gasteiger partial charge on any atom is 0.325 e. The lowest BCUT2D eigenvalue weighted by Crippen LogP contribution is -2.48. The minimum atomic E-state index is -0.908. The first-order chi connectivity index (χ1) is 12.2. The highest BCUT2D eigenvalue weighted by atomic mass is 35.5. The molecule has 0 bridgehead atoms. The number of rotatable bonds is 4. The van der Waals surface area contributed by atoms with Crippen LogP contribution in [0.5, 0.6) is 0 Å². The van der Waals surface area contributed by atoms with E-state index in [1.54, 1.807) is 25.1 Å². The third-order valence-corrected chi connectivity index (χ3v) is 5.42. The summed E-state index contributed by atoms with van der Waals surface area (Å²) in [5, 5.41) is 6.02. The third kappa shape index (κ3) is 3.11. The molecule has 140 valence electrons. The van der Waals surface area contributed by atoms with Gasteiger partial charge in [0.15, 0.2) is 0 Å². The molecular weight excluding hydrogens is 356 g/mol. The van der Waals surface area contributed by atoms with Gasteiger partial charge < -0.3 is 15.5 Å². The molecule has 4 amide bonds. The standard InChI is InChI=1S/C18H23ClN4O3/c1-11(23-16(25)18(21-17(23)26)8-4-5-9-18)15(24)20-12-6-7-14(22(2)3)13(19)10-12/h6-7,10-11H,4-5,8-9H2,1-3H3,(H,20,24)(H,21,26). The molecule has 2 aliphatic rings. The lowest BCUT2D eigenvalue weighted by molar-refractivity contribution is -0.136. The number of hydrogen-bond donors (Lipinski definition) is 2. The number of anilines is 2. The van der Waals surface area contributed by atoms with Gasteiger partial charge in [0, 0.05) is 19.8 Å². The first kappa shape index (κ1) is 18.5. The number of nitrogens with one attached hydrogen (secondary N) is 2. The van der Waals surface area contributed by atoms with Crippen LogP contribution in [-0.4, -0.2) is 48.4 Å². The summed E-state index contributed by atoms with van der Waals surface area (Å²) in [6.07, 6.45) is 3.06. The summed E-state index contributed by atoms with van der Waals surface area (Å²) in [6, 6.07) is 3.77. The minimum absolute atomic E-state index is 0.302. The monoisotopic (exact) mass is 378 g/mol. The molecule has 0 radical (unpaired) electrons. The molecule has 1 saturated heterocycles. The first-order valence-electron chi connectivity index (χ1n) is 8.69. The maximum atomic E-state index is 12.7. The maximum absolute atomic E-state index is 12.7. The number of nitrogens with zero attached hydrogens (tertiary/aromatic N) is 2. The fourth-order valence-electron chi connectivity index (χ4n) is 3.62. The summed E-state index contributed by atoms with van der Waals surface area (Å²) < 4.78 is 0. The Morgan fingerprint density at radius 3 is 2.54 bits per heavy atom. The largest absolute Gasteiger partial charge is 0.376 e. The zero-order chi connectivity index (χ0) is 19.1. The molecule has 1 unspecified atom stereocenters. The first-order valence-corrected chi connectivity index (χ1v) is 9.06. The lowest BCUT2D eigenvalue weighted by atomic mass is 9.97. The SMILES string of the molecule is CC(C(=O)Nc1ccc(N(C)C)c(Cl)c1)N1C(=O)NC2(CCCC2)C1=O. The predicted octanol–water partition coefficient (Wildman–Crippen LogP) is 2.60. The number of carbonyl (C=O) groups is 3. The molecule has 8 heteroatoms. The van der Waals surface area contributed by atoms with Crippen molar-refractivity contribution in [3.8, 4) is 0 Å². The molecule has 1 heterocycles. The van der Waals surface area contributed by atoms with Crippen LogP contribution < -0.4 is 15.5 Å². The van der Waals surface area contributed by atoms with E-state index in [4.69, 9.17) is 11.6 Å². The van der Waals surface area contributed by atoms with Crippen LogP contribution in [0.2, 0.25) is 5.02 Å². The normalized spacial score (nSPS) is 19.6. The summed E-state index contributed by atoms with van der Waals surface area (Å²) in [5.41, 5.74) is 0.525. The van der Waals surface area contributed by atoms with E-state index >= 15 is 0 Å². The highest BCUT2D eigenvalue weighted by Crippen LogP contribution is 2.36. The summed E-state index contributed by atoms with van der Waals surface area (Å²) in [7, 11) is 3.75. The van der Waals surface area contributed by atoms with E-state index in [-0.39, 0.29) is 5.91 Å². The van der Waals surface area contributed by atoms with Crippen LogP contribution in [0.25, 0.3) is 0 Å². The summed E-state index contributed by atoms with van der Waals surface area (Å²) in [6.45, 7) is 1.55. The Morgan fingerprint density at radius 2 is 1.96 bits per heavy atom. The van der Waals surface area contributed by atoms with E-state index in [1.807, 2.05) is 19.0 Å². The second-order valence-corrected chi connectivity index (χ2v) is 7.53. The van der Waals surface area contributed by atoms with Crippen LogP contribution >= 0.6 is 11.6 Å². The number of urea groups is 1. The van der Waals surface area contributed by atoms with Crippen molar-refractivity contribution < 1.29 is 14.4 Å². The van der Waals surface area contributed by atoms with Crippen LogP contribution in [-0.2, 0) is 9.59 Å². The van der Waals surface area contributed by atoms with Gasteiger partial charge in [-0.05, 0) is 38.0 Å². The van der Waals surface area contributed by atoms with Crippen LogP contribution in [0.3, 0.4) is 0 Å². The van der Waals surface area contributed by atoms with Gasteiger partial charge in [-0.2, -0.15) is 0 Å². The van der Waals surface area contributed by atoms with Crippen molar-refractivity contribution in [3.63, 3.8) is 0 Å². The van der Waals surface area contributed by atoms with Crippen LogP contribution in [0, 0.1) is 0 Å². The van der Waals surface area contributed by atoms with Crippen molar-refractivity contribution in [2.45, 2.75) is 44.2 Å². The van der Waals surface area contributed by atoms with Gasteiger partial charge in [-0.25, -0.2) is 9.69 Å². The Hall–Kier alpha value is -2.28. The molecule has 2 fully saturated rings. The number of hydrogen-bond acceptors (Lipinski definition) is 4. The van der Waals surface area contributed by atoms with Gasteiger partial charge in [-0.3, -0.25) is 9.59 Å². The van der Waals surface area contributed by atoms with E-state index in [0.717, 1.165) is 23.4 Å². The molecule has 1 aliphatic carbocycles. The topological polar surface area (TPSA) is 81.8 Å². The molecule has 1 aromatic carbocycles. The summed E-state index contributed by atoms with van der Waals surface area (Å²) in [5.74, 6) is -0.735. The second-order valence-electron chi connectivity index (χ2n) is 7.12. The average Bonchev–Trinajstić information content (AvgIpc) is 3.12. The van der Waals surface area contributed by atoms with Crippen molar-refractivity contribution in [2.24, 2.45) is 0 Å². The number of carbonyl (C=O) groups excluding carboxylic acids is 3. The van der Waals surface area contributed by atoms with Gasteiger partial charge >= 0.3 is 6.03 Å². The molecule has 1 atom stereocenters. The third-order valence-electron chi connectivity index (χ3n) is 5.11. The quantitative estimate of drug-likeness (QED) is 0.789. The molecule has 2 N–H and O–H groups in total. The van der Waals surface area contributed by atoms with E-state index < -0.39 is 23.5 Å². The Bertz CT molecular complexity index is 759. The van der Waals surface area contributed by atoms with Crippen molar-refractivity contribution in [3.05, 3.63) is 23.2 Å². The van der Waals surface area contributed by atoms with Gasteiger partial charge in [-0.1, -0.05) is 24.4 Å². The second kappa shape index (κ2) is 6.79. The molecule has 1 saturated carbocycles. The molecule has 0 aromatic heterocycles. The van der Waals surface area contributed by atoms with E-state index in [2.05, 4.69) is 10.6 Å². The Labute approximate surface area is 157 Å². The lowest BCUT2D eigenvalue weighted by Gasteiger charge is -2.23. The fourth-order valence-corrected chi connectivity index (χ4v) is 3.97. The van der Waals surface area contributed by atoms with E-state index in [0.29, 0.717) is 23.6 Å². The van der Waals surface area contributed by atoms with Gasteiger partial charge in [0.1, 0.15) is 11.6 Å². The molecule has 1 spiro atoms. The van der Waals surface area contributed by atoms with Crippen molar-refractivity contribution in [1.29, 1.82) is 0 Å². The van der Waals surface area contributed by atoms with Crippen LogP contribution in [0.1, 0.15) is 32.6 Å².